The van der Waals surface area contributed by atoms with Crippen molar-refractivity contribution in [2.75, 3.05) is 33.3 Å². The SMILES string of the molecule is COc1ncccc1C(=O)N1CCN(Cc2noc(C3CC3)n2)CC1. The minimum Gasteiger partial charge on any atom is -0.480 e. The Hall–Kier alpha value is -2.48. The minimum atomic E-state index is -0.0415. The van der Waals surface area contributed by atoms with E-state index in [1.807, 2.05) is 4.90 Å². The van der Waals surface area contributed by atoms with E-state index in [1.165, 1.54) is 7.11 Å². The first-order valence-electron chi connectivity index (χ1n) is 8.57. The van der Waals surface area contributed by atoms with Crippen LogP contribution in [-0.4, -0.2) is 64.1 Å². The Kier molecular flexibility index (Phi) is 4.35. The number of aromatic nitrogens is 3. The topological polar surface area (TPSA) is 84.6 Å². The first-order chi connectivity index (χ1) is 12.2. The lowest BCUT2D eigenvalue weighted by molar-refractivity contribution is 0.0620. The molecule has 2 aromatic heterocycles. The van der Waals surface area contributed by atoms with Crippen molar-refractivity contribution in [1.82, 2.24) is 24.9 Å². The van der Waals surface area contributed by atoms with Gasteiger partial charge in [0.15, 0.2) is 5.82 Å². The average molecular weight is 343 g/mol. The third-order valence-electron chi connectivity index (χ3n) is 4.63. The predicted molar refractivity (Wildman–Crippen MR) is 88.2 cm³/mol. The molecule has 0 N–H and O–H groups in total. The second-order valence-corrected chi connectivity index (χ2v) is 6.45. The van der Waals surface area contributed by atoms with E-state index in [2.05, 4.69) is 20.0 Å². The molecule has 132 valence electrons. The summed E-state index contributed by atoms with van der Waals surface area (Å²) in [7, 11) is 1.53. The van der Waals surface area contributed by atoms with Crippen LogP contribution in [0.4, 0.5) is 0 Å². The van der Waals surface area contributed by atoms with Crippen molar-refractivity contribution >= 4 is 5.91 Å². The van der Waals surface area contributed by atoms with Gasteiger partial charge in [-0.15, -0.1) is 0 Å². The fraction of sp³-hybridized carbons (Fsp3) is 0.529. The van der Waals surface area contributed by atoms with Gasteiger partial charge in [0, 0.05) is 38.3 Å². The van der Waals surface area contributed by atoms with Gasteiger partial charge in [0.2, 0.25) is 11.8 Å². The number of carbonyl (C=O) groups excluding carboxylic acids is 1. The standard InChI is InChI=1S/C17H21N5O3/c1-24-16-13(3-2-6-18-16)17(23)22-9-7-21(8-10-22)11-14-19-15(25-20-14)12-4-5-12/h2-3,6,12H,4-5,7-11H2,1H3. The van der Waals surface area contributed by atoms with E-state index in [-0.39, 0.29) is 5.91 Å². The molecular weight excluding hydrogens is 322 g/mol. The van der Waals surface area contributed by atoms with E-state index in [0.29, 0.717) is 37.0 Å². The number of carbonyl (C=O) groups is 1. The highest BCUT2D eigenvalue weighted by molar-refractivity contribution is 5.96. The summed E-state index contributed by atoms with van der Waals surface area (Å²) < 4.78 is 10.5. The molecule has 2 aliphatic rings. The van der Waals surface area contributed by atoms with Crippen molar-refractivity contribution in [3.05, 3.63) is 35.6 Å². The highest BCUT2D eigenvalue weighted by Gasteiger charge is 2.30. The number of ether oxygens (including phenoxy) is 1. The van der Waals surface area contributed by atoms with Gasteiger partial charge in [-0.1, -0.05) is 5.16 Å². The molecule has 1 saturated heterocycles. The van der Waals surface area contributed by atoms with Crippen LogP contribution < -0.4 is 4.74 Å². The van der Waals surface area contributed by atoms with Gasteiger partial charge in [-0.05, 0) is 25.0 Å². The Morgan fingerprint density at radius 1 is 1.32 bits per heavy atom. The Balaban J connectivity index is 1.33. The van der Waals surface area contributed by atoms with Gasteiger partial charge < -0.3 is 14.2 Å². The van der Waals surface area contributed by atoms with E-state index in [9.17, 15) is 4.79 Å². The molecule has 3 heterocycles. The number of nitrogens with zero attached hydrogens (tertiary/aromatic N) is 5. The van der Waals surface area contributed by atoms with Crippen LogP contribution in [0.5, 0.6) is 5.88 Å². The van der Waals surface area contributed by atoms with Crippen LogP contribution in [0.1, 0.15) is 40.8 Å². The van der Waals surface area contributed by atoms with Gasteiger partial charge >= 0.3 is 0 Å². The first-order valence-corrected chi connectivity index (χ1v) is 8.57. The fourth-order valence-corrected chi connectivity index (χ4v) is 3.02. The van der Waals surface area contributed by atoms with Crippen LogP contribution in [-0.2, 0) is 6.54 Å². The molecule has 8 heteroatoms. The summed E-state index contributed by atoms with van der Waals surface area (Å²) in [6.07, 6.45) is 3.93. The number of methoxy groups -OCH3 is 1. The summed E-state index contributed by atoms with van der Waals surface area (Å²) in [4.78, 5) is 25.3. The van der Waals surface area contributed by atoms with Crippen LogP contribution >= 0.6 is 0 Å². The highest BCUT2D eigenvalue weighted by Crippen LogP contribution is 2.38. The molecule has 4 rings (SSSR count). The van der Waals surface area contributed by atoms with Crippen LogP contribution in [0, 0.1) is 0 Å². The average Bonchev–Trinajstić information content (AvgIpc) is 3.41. The second kappa shape index (κ2) is 6.79. The predicted octanol–water partition coefficient (Wildman–Crippen LogP) is 1.31. The van der Waals surface area contributed by atoms with Gasteiger partial charge in [-0.25, -0.2) is 4.98 Å². The quantitative estimate of drug-likeness (QED) is 0.809. The molecule has 8 nitrogen and oxygen atoms in total. The smallest absolute Gasteiger partial charge is 0.259 e. The number of hydrogen-bond acceptors (Lipinski definition) is 7. The van der Waals surface area contributed by atoms with Crippen LogP contribution in [0.2, 0.25) is 0 Å². The van der Waals surface area contributed by atoms with Crippen LogP contribution in [0.3, 0.4) is 0 Å². The van der Waals surface area contributed by atoms with Crippen LogP contribution in [0.15, 0.2) is 22.9 Å². The Morgan fingerprint density at radius 2 is 2.12 bits per heavy atom. The lowest BCUT2D eigenvalue weighted by atomic mass is 10.2. The maximum atomic E-state index is 12.7. The molecule has 1 aliphatic carbocycles. The number of hydrogen-bond donors (Lipinski definition) is 0. The Labute approximate surface area is 145 Å². The molecular formula is C17H21N5O3. The van der Waals surface area contributed by atoms with E-state index in [1.54, 1.807) is 18.3 Å². The fourth-order valence-electron chi connectivity index (χ4n) is 3.02. The Morgan fingerprint density at radius 3 is 2.84 bits per heavy atom. The third-order valence-corrected chi connectivity index (χ3v) is 4.63. The van der Waals surface area contributed by atoms with Gasteiger partial charge in [0.05, 0.1) is 13.7 Å². The van der Waals surface area contributed by atoms with Crippen molar-refractivity contribution < 1.29 is 14.1 Å². The summed E-state index contributed by atoms with van der Waals surface area (Å²) in [6, 6.07) is 3.50. The lowest BCUT2D eigenvalue weighted by Crippen LogP contribution is -2.48. The molecule has 0 radical (unpaired) electrons. The first kappa shape index (κ1) is 16.0. The zero-order valence-electron chi connectivity index (χ0n) is 14.2. The van der Waals surface area contributed by atoms with E-state index < -0.39 is 0 Å². The van der Waals surface area contributed by atoms with Crippen molar-refractivity contribution in [1.29, 1.82) is 0 Å². The van der Waals surface area contributed by atoms with Crippen molar-refractivity contribution in [3.63, 3.8) is 0 Å². The normalized spacial score (nSPS) is 18.4. The van der Waals surface area contributed by atoms with E-state index in [4.69, 9.17) is 9.26 Å². The third kappa shape index (κ3) is 3.48. The van der Waals surface area contributed by atoms with E-state index >= 15 is 0 Å². The summed E-state index contributed by atoms with van der Waals surface area (Å²) in [5, 5.41) is 4.06. The molecule has 1 saturated carbocycles. The van der Waals surface area contributed by atoms with Gasteiger partial charge in [-0.2, -0.15) is 4.98 Å². The number of piperazine rings is 1. The second-order valence-electron chi connectivity index (χ2n) is 6.45. The van der Waals surface area contributed by atoms with Crippen molar-refractivity contribution in [2.45, 2.75) is 25.3 Å². The largest absolute Gasteiger partial charge is 0.480 e. The van der Waals surface area contributed by atoms with E-state index in [0.717, 1.165) is 37.6 Å². The molecule has 2 aromatic rings. The maximum Gasteiger partial charge on any atom is 0.259 e. The van der Waals surface area contributed by atoms with Crippen LogP contribution in [0.25, 0.3) is 0 Å². The molecule has 1 amide bonds. The molecule has 0 aromatic carbocycles. The molecule has 0 bridgehead atoms. The lowest BCUT2D eigenvalue weighted by Gasteiger charge is -2.34. The number of pyridine rings is 1. The number of amides is 1. The summed E-state index contributed by atoms with van der Waals surface area (Å²) in [5.74, 6) is 2.31. The summed E-state index contributed by atoms with van der Waals surface area (Å²) in [5.41, 5.74) is 0.505. The zero-order chi connectivity index (χ0) is 17.2. The number of rotatable bonds is 5. The molecule has 2 fully saturated rings. The zero-order valence-corrected chi connectivity index (χ0v) is 14.2. The molecule has 1 aliphatic heterocycles. The summed E-state index contributed by atoms with van der Waals surface area (Å²) >= 11 is 0. The van der Waals surface area contributed by atoms with Crippen molar-refractivity contribution in [2.24, 2.45) is 0 Å². The molecule has 0 atom stereocenters. The van der Waals surface area contributed by atoms with Gasteiger partial charge in [0.25, 0.3) is 5.91 Å². The Bertz CT molecular complexity index is 750. The maximum absolute atomic E-state index is 12.7. The van der Waals surface area contributed by atoms with Crippen molar-refractivity contribution in [3.8, 4) is 5.88 Å². The monoisotopic (exact) mass is 343 g/mol. The molecule has 0 unspecified atom stereocenters. The minimum absolute atomic E-state index is 0.0415. The summed E-state index contributed by atoms with van der Waals surface area (Å²) in [6.45, 7) is 3.53. The van der Waals surface area contributed by atoms with Gasteiger partial charge in [-0.3, -0.25) is 9.69 Å². The highest BCUT2D eigenvalue weighted by atomic mass is 16.5. The molecule has 25 heavy (non-hydrogen) atoms. The molecule has 0 spiro atoms. The van der Waals surface area contributed by atoms with Gasteiger partial charge in [0.1, 0.15) is 5.56 Å².